The largest absolute Gasteiger partial charge is 0.355 e. The van der Waals surface area contributed by atoms with E-state index in [9.17, 15) is 13.2 Å². The summed E-state index contributed by atoms with van der Waals surface area (Å²) in [6.45, 7) is 2.01. The number of nitrogens with zero attached hydrogens (tertiary/aromatic N) is 1. The van der Waals surface area contributed by atoms with E-state index in [2.05, 4.69) is 5.32 Å². The van der Waals surface area contributed by atoms with Crippen LogP contribution in [0.4, 0.5) is 0 Å². The molecule has 0 aliphatic carbocycles. The first-order chi connectivity index (χ1) is 8.37. The molecule has 7 heteroatoms. The van der Waals surface area contributed by atoms with Gasteiger partial charge in [-0.3, -0.25) is 4.79 Å². The molecule has 0 aromatic heterocycles. The van der Waals surface area contributed by atoms with Crippen molar-refractivity contribution in [3.8, 4) is 0 Å². The van der Waals surface area contributed by atoms with Crippen LogP contribution in [0.5, 0.6) is 0 Å². The number of hydrogen-bond donors (Lipinski definition) is 1. The second-order valence-electron chi connectivity index (χ2n) is 3.67. The maximum atomic E-state index is 12.1. The molecule has 0 saturated carbocycles. The van der Waals surface area contributed by atoms with Gasteiger partial charge >= 0.3 is 0 Å². The monoisotopic (exact) mass is 290 g/mol. The molecule has 0 saturated heterocycles. The molecule has 1 amide bonds. The zero-order valence-corrected chi connectivity index (χ0v) is 11.8. The van der Waals surface area contributed by atoms with Crippen molar-refractivity contribution >= 4 is 27.5 Å². The molecule has 0 bridgehead atoms. The lowest BCUT2D eigenvalue weighted by Gasteiger charge is -2.16. The van der Waals surface area contributed by atoms with E-state index >= 15 is 0 Å². The van der Waals surface area contributed by atoms with Crippen LogP contribution in [0.2, 0.25) is 5.02 Å². The third-order valence-electron chi connectivity index (χ3n) is 2.24. The van der Waals surface area contributed by atoms with E-state index < -0.39 is 10.0 Å². The molecule has 1 aromatic carbocycles. The molecule has 0 atom stereocenters. The van der Waals surface area contributed by atoms with Gasteiger partial charge in [0.1, 0.15) is 0 Å². The number of halogens is 1. The fourth-order valence-corrected chi connectivity index (χ4v) is 2.78. The van der Waals surface area contributed by atoms with Gasteiger partial charge in [-0.2, -0.15) is 4.31 Å². The molecule has 0 fully saturated rings. The van der Waals surface area contributed by atoms with Gasteiger partial charge in [-0.25, -0.2) is 8.42 Å². The minimum Gasteiger partial charge on any atom is -0.355 e. The molecule has 0 aliphatic heterocycles. The highest BCUT2D eigenvalue weighted by atomic mass is 35.5. The number of carbonyl (C=O) groups excluding carboxylic acids is 1. The second-order valence-corrected chi connectivity index (χ2v) is 6.15. The fraction of sp³-hybridized carbons (Fsp3) is 0.364. The van der Waals surface area contributed by atoms with Crippen molar-refractivity contribution < 1.29 is 13.2 Å². The summed E-state index contributed by atoms with van der Waals surface area (Å²) in [5, 5.41) is 2.88. The van der Waals surface area contributed by atoms with Crippen LogP contribution in [0.25, 0.3) is 0 Å². The molecule has 1 rings (SSSR count). The van der Waals surface area contributed by atoms with Crippen LogP contribution in [0, 0.1) is 0 Å². The van der Waals surface area contributed by atoms with Crippen molar-refractivity contribution in [3.05, 3.63) is 29.3 Å². The summed E-state index contributed by atoms with van der Waals surface area (Å²) in [4.78, 5) is 11.4. The van der Waals surface area contributed by atoms with Gasteiger partial charge in [0, 0.05) is 18.6 Å². The van der Waals surface area contributed by atoms with Gasteiger partial charge in [0.25, 0.3) is 0 Å². The molecule has 0 aliphatic rings. The van der Waals surface area contributed by atoms with Crippen LogP contribution < -0.4 is 5.32 Å². The Morgan fingerprint density at radius 1 is 1.44 bits per heavy atom. The predicted octanol–water partition coefficient (Wildman–Crippen LogP) is 1.10. The molecular formula is C11H15ClN2O3S. The lowest BCUT2D eigenvalue weighted by molar-refractivity contribution is -0.121. The van der Waals surface area contributed by atoms with Gasteiger partial charge in [0.05, 0.1) is 11.4 Å². The minimum absolute atomic E-state index is 0.0711. The Morgan fingerprint density at radius 3 is 2.67 bits per heavy atom. The number of rotatable bonds is 5. The topological polar surface area (TPSA) is 66.5 Å². The Hall–Kier alpha value is -1.11. The molecule has 100 valence electrons. The average Bonchev–Trinajstić information content (AvgIpc) is 2.29. The highest BCUT2D eigenvalue weighted by molar-refractivity contribution is 7.89. The number of hydrogen-bond acceptors (Lipinski definition) is 3. The third-order valence-corrected chi connectivity index (χ3v) is 4.28. The Morgan fingerprint density at radius 2 is 2.11 bits per heavy atom. The van der Waals surface area contributed by atoms with Crippen molar-refractivity contribution in [3.63, 3.8) is 0 Å². The zero-order chi connectivity index (χ0) is 13.8. The standard InChI is InChI=1S/C11H15ClN2O3S/c1-3-13-11(15)8-14(2)18(16,17)10-6-4-5-9(12)7-10/h4-7H,3,8H2,1-2H3,(H,13,15). The first-order valence-corrected chi connectivity index (χ1v) is 7.18. The summed E-state index contributed by atoms with van der Waals surface area (Å²) in [5.74, 6) is -0.342. The van der Waals surface area contributed by atoms with Gasteiger partial charge in [0.15, 0.2) is 0 Å². The van der Waals surface area contributed by atoms with E-state index in [1.807, 2.05) is 0 Å². The first-order valence-electron chi connectivity index (χ1n) is 5.36. The minimum atomic E-state index is -3.69. The number of nitrogens with one attached hydrogen (secondary N) is 1. The van der Waals surface area contributed by atoms with Crippen molar-refractivity contribution in [2.45, 2.75) is 11.8 Å². The summed E-state index contributed by atoms with van der Waals surface area (Å²) in [6.07, 6.45) is 0. The first kappa shape index (κ1) is 14.9. The molecule has 5 nitrogen and oxygen atoms in total. The third kappa shape index (κ3) is 3.69. The normalized spacial score (nSPS) is 11.6. The van der Waals surface area contributed by atoms with Crippen LogP contribution >= 0.6 is 11.6 Å². The maximum Gasteiger partial charge on any atom is 0.243 e. The number of carbonyl (C=O) groups is 1. The smallest absolute Gasteiger partial charge is 0.243 e. The van der Waals surface area contributed by atoms with E-state index in [0.29, 0.717) is 11.6 Å². The summed E-state index contributed by atoms with van der Waals surface area (Å²) in [5.41, 5.74) is 0. The number of benzene rings is 1. The van der Waals surface area contributed by atoms with Crippen LogP contribution in [0.15, 0.2) is 29.2 Å². The summed E-state index contributed by atoms with van der Waals surface area (Å²) >= 11 is 5.75. The summed E-state index contributed by atoms with van der Waals surface area (Å²) in [6, 6.07) is 5.93. The maximum absolute atomic E-state index is 12.1. The number of amides is 1. The lowest BCUT2D eigenvalue weighted by atomic mass is 10.4. The lowest BCUT2D eigenvalue weighted by Crippen LogP contribution is -2.38. The van der Waals surface area contributed by atoms with Crippen molar-refractivity contribution in [1.29, 1.82) is 0 Å². The summed E-state index contributed by atoms with van der Waals surface area (Å²) < 4.78 is 25.2. The van der Waals surface area contributed by atoms with Crippen molar-refractivity contribution in [2.24, 2.45) is 0 Å². The van der Waals surface area contributed by atoms with Crippen LogP contribution in [0.3, 0.4) is 0 Å². The van der Waals surface area contributed by atoms with E-state index in [4.69, 9.17) is 11.6 Å². The van der Waals surface area contributed by atoms with Crippen LogP contribution in [0.1, 0.15) is 6.92 Å². The van der Waals surface area contributed by atoms with Crippen LogP contribution in [-0.4, -0.2) is 38.8 Å². The molecule has 0 radical (unpaired) electrons. The van der Waals surface area contributed by atoms with Gasteiger partial charge in [0.2, 0.25) is 15.9 Å². The quantitative estimate of drug-likeness (QED) is 0.883. The molecule has 0 heterocycles. The van der Waals surface area contributed by atoms with Gasteiger partial charge < -0.3 is 5.32 Å². The Bertz CT molecular complexity index is 531. The van der Waals surface area contributed by atoms with Crippen molar-refractivity contribution in [2.75, 3.05) is 20.1 Å². The van der Waals surface area contributed by atoms with Gasteiger partial charge in [-0.15, -0.1) is 0 Å². The summed E-state index contributed by atoms with van der Waals surface area (Å²) in [7, 11) is -2.33. The van der Waals surface area contributed by atoms with E-state index in [1.54, 1.807) is 19.1 Å². The molecular weight excluding hydrogens is 276 g/mol. The average molecular weight is 291 g/mol. The van der Waals surface area contributed by atoms with E-state index in [-0.39, 0.29) is 17.3 Å². The molecule has 0 unspecified atom stereocenters. The Labute approximate surface area is 112 Å². The highest BCUT2D eigenvalue weighted by Crippen LogP contribution is 2.18. The molecule has 18 heavy (non-hydrogen) atoms. The molecule has 0 spiro atoms. The highest BCUT2D eigenvalue weighted by Gasteiger charge is 2.22. The van der Waals surface area contributed by atoms with Crippen LogP contribution in [-0.2, 0) is 14.8 Å². The Balaban J connectivity index is 2.90. The predicted molar refractivity (Wildman–Crippen MR) is 70.0 cm³/mol. The number of likely N-dealkylation sites (N-methyl/N-ethyl adjacent to an activating group) is 2. The Kier molecular flexibility index (Phi) is 5.13. The second kappa shape index (κ2) is 6.17. The zero-order valence-electron chi connectivity index (χ0n) is 10.2. The molecule has 1 aromatic rings. The van der Waals surface area contributed by atoms with E-state index in [0.717, 1.165) is 4.31 Å². The van der Waals surface area contributed by atoms with Gasteiger partial charge in [-0.1, -0.05) is 17.7 Å². The fourth-order valence-electron chi connectivity index (χ4n) is 1.35. The van der Waals surface area contributed by atoms with E-state index in [1.165, 1.54) is 19.2 Å². The van der Waals surface area contributed by atoms with Crippen molar-refractivity contribution in [1.82, 2.24) is 9.62 Å². The number of sulfonamides is 1. The van der Waals surface area contributed by atoms with Gasteiger partial charge in [-0.05, 0) is 25.1 Å². The molecule has 1 N–H and O–H groups in total. The SMILES string of the molecule is CCNC(=O)CN(C)S(=O)(=O)c1cccc(Cl)c1.